The Hall–Kier alpha value is -1.09. The summed E-state index contributed by atoms with van der Waals surface area (Å²) in [4.78, 5) is 13.9. The molecule has 1 rings (SSSR count). The van der Waals surface area contributed by atoms with Crippen LogP contribution in [0.3, 0.4) is 0 Å². The highest BCUT2D eigenvalue weighted by Crippen LogP contribution is 2.22. The molecule has 92 valence electrons. The summed E-state index contributed by atoms with van der Waals surface area (Å²) in [6, 6.07) is 5.74. The number of halogens is 1. The third kappa shape index (κ3) is 3.70. The van der Waals surface area contributed by atoms with Gasteiger partial charge < -0.3 is 4.90 Å². The first-order chi connectivity index (χ1) is 8.07. The van der Waals surface area contributed by atoms with E-state index < -0.39 is 0 Å². The van der Waals surface area contributed by atoms with Crippen molar-refractivity contribution in [3.05, 3.63) is 46.5 Å². The number of benzene rings is 1. The second kappa shape index (κ2) is 6.60. The number of amides is 1. The summed E-state index contributed by atoms with van der Waals surface area (Å²) in [6.45, 7) is 6.42. The Morgan fingerprint density at radius 3 is 2.88 bits per heavy atom. The van der Waals surface area contributed by atoms with Crippen molar-refractivity contribution in [3.63, 3.8) is 0 Å². The van der Waals surface area contributed by atoms with E-state index in [4.69, 9.17) is 0 Å². The standard InChI is InChI=1S/C14H18BrNO/c1-4-5-6-10-16(3)14(17)12-9-7-8-11(2)13(12)15/h4,7-9H,1,5-6,10H2,2-3H3. The summed E-state index contributed by atoms with van der Waals surface area (Å²) in [7, 11) is 1.83. The number of rotatable bonds is 5. The van der Waals surface area contributed by atoms with Crippen LogP contribution in [0.5, 0.6) is 0 Å². The fraction of sp³-hybridized carbons (Fsp3) is 0.357. The molecule has 0 atom stereocenters. The fourth-order valence-corrected chi connectivity index (χ4v) is 2.03. The molecule has 0 saturated carbocycles. The Balaban J connectivity index is 2.75. The highest BCUT2D eigenvalue weighted by atomic mass is 79.9. The number of hydrogen-bond acceptors (Lipinski definition) is 1. The Kier molecular flexibility index (Phi) is 5.42. The molecule has 0 spiro atoms. The van der Waals surface area contributed by atoms with Gasteiger partial charge in [0.15, 0.2) is 0 Å². The zero-order chi connectivity index (χ0) is 12.8. The van der Waals surface area contributed by atoms with Crippen LogP contribution in [-0.4, -0.2) is 24.4 Å². The molecule has 1 amide bonds. The van der Waals surface area contributed by atoms with E-state index >= 15 is 0 Å². The number of allylic oxidation sites excluding steroid dienone is 1. The van der Waals surface area contributed by atoms with Crippen LogP contribution >= 0.6 is 15.9 Å². The molecule has 0 heterocycles. The van der Waals surface area contributed by atoms with Crippen LogP contribution in [0.1, 0.15) is 28.8 Å². The number of hydrogen-bond donors (Lipinski definition) is 0. The zero-order valence-corrected chi connectivity index (χ0v) is 12.0. The van der Waals surface area contributed by atoms with E-state index in [0.717, 1.165) is 35.0 Å². The van der Waals surface area contributed by atoms with Crippen LogP contribution in [0.25, 0.3) is 0 Å². The van der Waals surface area contributed by atoms with E-state index in [2.05, 4.69) is 22.5 Å². The van der Waals surface area contributed by atoms with Gasteiger partial charge in [-0.05, 0) is 47.3 Å². The third-order valence-electron chi connectivity index (χ3n) is 2.67. The molecular formula is C14H18BrNO. The molecule has 0 aliphatic carbocycles. The topological polar surface area (TPSA) is 20.3 Å². The maximum atomic E-state index is 12.2. The Morgan fingerprint density at radius 1 is 1.53 bits per heavy atom. The van der Waals surface area contributed by atoms with Gasteiger partial charge >= 0.3 is 0 Å². The average Bonchev–Trinajstić information content (AvgIpc) is 2.32. The summed E-state index contributed by atoms with van der Waals surface area (Å²) in [5.41, 5.74) is 1.81. The van der Waals surface area contributed by atoms with Gasteiger partial charge in [0, 0.05) is 18.1 Å². The Morgan fingerprint density at radius 2 is 2.24 bits per heavy atom. The van der Waals surface area contributed by atoms with Crippen LogP contribution in [0.15, 0.2) is 35.3 Å². The summed E-state index contributed by atoms with van der Waals surface area (Å²) >= 11 is 3.47. The molecule has 0 aliphatic rings. The van der Waals surface area contributed by atoms with Crippen molar-refractivity contribution < 1.29 is 4.79 Å². The maximum Gasteiger partial charge on any atom is 0.254 e. The molecule has 0 N–H and O–H groups in total. The van der Waals surface area contributed by atoms with Crippen molar-refractivity contribution in [2.24, 2.45) is 0 Å². The molecule has 0 aliphatic heterocycles. The normalized spacial score (nSPS) is 10.1. The van der Waals surface area contributed by atoms with Gasteiger partial charge in [-0.25, -0.2) is 0 Å². The predicted molar refractivity (Wildman–Crippen MR) is 75.3 cm³/mol. The molecule has 0 bridgehead atoms. The third-order valence-corrected chi connectivity index (χ3v) is 3.72. The van der Waals surface area contributed by atoms with Gasteiger partial charge in [-0.1, -0.05) is 18.2 Å². The molecule has 1 aromatic rings. The molecule has 0 aromatic heterocycles. The van der Waals surface area contributed by atoms with Crippen molar-refractivity contribution in [1.29, 1.82) is 0 Å². The predicted octanol–water partition coefficient (Wildman–Crippen LogP) is 3.80. The van der Waals surface area contributed by atoms with Gasteiger partial charge in [-0.15, -0.1) is 6.58 Å². The van der Waals surface area contributed by atoms with E-state index in [1.54, 1.807) is 4.90 Å². The van der Waals surface area contributed by atoms with Gasteiger partial charge in [-0.2, -0.15) is 0 Å². The summed E-state index contributed by atoms with van der Waals surface area (Å²) in [6.07, 6.45) is 3.77. The minimum Gasteiger partial charge on any atom is -0.342 e. The van der Waals surface area contributed by atoms with Crippen molar-refractivity contribution in [2.45, 2.75) is 19.8 Å². The van der Waals surface area contributed by atoms with Gasteiger partial charge in [0.2, 0.25) is 0 Å². The Bertz CT molecular complexity index is 415. The summed E-state index contributed by atoms with van der Waals surface area (Å²) in [5.74, 6) is 0.0598. The molecule has 3 heteroatoms. The molecule has 0 saturated heterocycles. The molecular weight excluding hydrogens is 278 g/mol. The first-order valence-electron chi connectivity index (χ1n) is 5.69. The number of unbranched alkanes of at least 4 members (excludes halogenated alkanes) is 1. The van der Waals surface area contributed by atoms with Crippen molar-refractivity contribution in [3.8, 4) is 0 Å². The van der Waals surface area contributed by atoms with Crippen LogP contribution in [0.4, 0.5) is 0 Å². The lowest BCUT2D eigenvalue weighted by molar-refractivity contribution is 0.0793. The summed E-state index contributed by atoms with van der Waals surface area (Å²) < 4.78 is 0.889. The molecule has 1 aromatic carbocycles. The molecule has 0 unspecified atom stereocenters. The molecule has 0 radical (unpaired) electrons. The summed E-state index contributed by atoms with van der Waals surface area (Å²) in [5, 5.41) is 0. The van der Waals surface area contributed by atoms with E-state index in [0.29, 0.717) is 0 Å². The van der Waals surface area contributed by atoms with Crippen molar-refractivity contribution >= 4 is 21.8 Å². The van der Waals surface area contributed by atoms with Gasteiger partial charge in [-0.3, -0.25) is 4.79 Å². The minimum atomic E-state index is 0.0598. The van der Waals surface area contributed by atoms with Crippen LogP contribution in [0.2, 0.25) is 0 Å². The molecule has 17 heavy (non-hydrogen) atoms. The highest BCUT2D eigenvalue weighted by Gasteiger charge is 2.14. The van der Waals surface area contributed by atoms with E-state index in [-0.39, 0.29) is 5.91 Å². The largest absolute Gasteiger partial charge is 0.342 e. The lowest BCUT2D eigenvalue weighted by Crippen LogP contribution is -2.28. The maximum absolute atomic E-state index is 12.2. The van der Waals surface area contributed by atoms with Gasteiger partial charge in [0.25, 0.3) is 5.91 Å². The number of nitrogens with zero attached hydrogens (tertiary/aromatic N) is 1. The van der Waals surface area contributed by atoms with Crippen LogP contribution in [0, 0.1) is 6.92 Å². The minimum absolute atomic E-state index is 0.0598. The average molecular weight is 296 g/mol. The molecule has 2 nitrogen and oxygen atoms in total. The van der Waals surface area contributed by atoms with Gasteiger partial charge in [0.05, 0.1) is 5.56 Å². The second-order valence-electron chi connectivity index (χ2n) is 4.09. The van der Waals surface area contributed by atoms with E-state index in [1.807, 2.05) is 38.2 Å². The lowest BCUT2D eigenvalue weighted by Gasteiger charge is -2.18. The number of carbonyl (C=O) groups excluding carboxylic acids is 1. The lowest BCUT2D eigenvalue weighted by atomic mass is 10.1. The van der Waals surface area contributed by atoms with E-state index in [9.17, 15) is 4.79 Å². The second-order valence-corrected chi connectivity index (χ2v) is 4.89. The quantitative estimate of drug-likeness (QED) is 0.598. The van der Waals surface area contributed by atoms with Crippen molar-refractivity contribution in [1.82, 2.24) is 4.90 Å². The number of carbonyl (C=O) groups is 1. The first-order valence-corrected chi connectivity index (χ1v) is 6.48. The highest BCUT2D eigenvalue weighted by molar-refractivity contribution is 9.10. The van der Waals surface area contributed by atoms with Crippen LogP contribution in [-0.2, 0) is 0 Å². The fourth-order valence-electron chi connectivity index (χ4n) is 1.59. The SMILES string of the molecule is C=CCCCN(C)C(=O)c1cccc(C)c1Br. The van der Waals surface area contributed by atoms with Crippen LogP contribution < -0.4 is 0 Å². The van der Waals surface area contributed by atoms with Crippen molar-refractivity contribution in [2.75, 3.05) is 13.6 Å². The number of aryl methyl sites for hydroxylation is 1. The Labute approximate surface area is 111 Å². The van der Waals surface area contributed by atoms with Gasteiger partial charge in [0.1, 0.15) is 0 Å². The monoisotopic (exact) mass is 295 g/mol. The molecule has 0 fully saturated rings. The smallest absolute Gasteiger partial charge is 0.254 e. The zero-order valence-electron chi connectivity index (χ0n) is 10.4. The van der Waals surface area contributed by atoms with E-state index in [1.165, 1.54) is 0 Å². The first kappa shape index (κ1) is 14.0.